The largest absolute Gasteiger partial charge is 0.462 e. The molecule has 0 amide bonds. The molecule has 0 bridgehead atoms. The minimum absolute atomic E-state index is 0.412. The van der Waals surface area contributed by atoms with E-state index in [0.29, 0.717) is 19.2 Å². The van der Waals surface area contributed by atoms with E-state index >= 15 is 0 Å². The predicted octanol–water partition coefficient (Wildman–Crippen LogP) is 0.656. The maximum atomic E-state index is 5.48. The lowest BCUT2D eigenvalue weighted by atomic mass is 10.4. The van der Waals surface area contributed by atoms with Crippen LogP contribution in [-0.2, 0) is 6.54 Å². The first-order valence-corrected chi connectivity index (χ1v) is 5.67. The minimum atomic E-state index is 0.412. The molecule has 0 spiro atoms. The lowest BCUT2D eigenvalue weighted by Gasteiger charge is -2.17. The zero-order chi connectivity index (χ0) is 11.8. The number of hydrogen-bond donors (Lipinski definition) is 1. The Hall–Kier alpha value is -1.20. The van der Waals surface area contributed by atoms with Crippen LogP contribution in [0.2, 0.25) is 0 Å². The van der Waals surface area contributed by atoms with Crippen molar-refractivity contribution in [3.8, 4) is 6.01 Å². The van der Waals surface area contributed by atoms with Crippen LogP contribution < -0.4 is 10.5 Å². The molecular weight excluding hydrogens is 204 g/mol. The van der Waals surface area contributed by atoms with E-state index in [1.807, 2.05) is 0 Å². The summed E-state index contributed by atoms with van der Waals surface area (Å²) in [5, 5.41) is 0. The van der Waals surface area contributed by atoms with E-state index in [4.69, 9.17) is 10.5 Å². The third kappa shape index (κ3) is 4.12. The second-order valence-corrected chi connectivity index (χ2v) is 3.41. The first-order valence-electron chi connectivity index (χ1n) is 5.67. The summed E-state index contributed by atoms with van der Waals surface area (Å²) in [6.07, 6.45) is 1.67. The van der Waals surface area contributed by atoms with Crippen LogP contribution in [-0.4, -0.2) is 41.1 Å². The second-order valence-electron chi connectivity index (χ2n) is 3.41. The molecule has 0 aromatic carbocycles. The van der Waals surface area contributed by atoms with Crippen LogP contribution in [0.1, 0.15) is 19.5 Å². The average Bonchev–Trinajstić information content (AvgIpc) is 2.35. The van der Waals surface area contributed by atoms with Gasteiger partial charge in [0, 0.05) is 19.3 Å². The van der Waals surface area contributed by atoms with Crippen molar-refractivity contribution in [2.75, 3.05) is 26.2 Å². The molecule has 0 aliphatic rings. The second kappa shape index (κ2) is 7.14. The normalized spacial score (nSPS) is 10.8. The Morgan fingerprint density at radius 1 is 1.38 bits per heavy atom. The molecule has 1 heterocycles. The van der Waals surface area contributed by atoms with Crippen LogP contribution in [0, 0.1) is 0 Å². The Bertz CT molecular complexity index is 302. The number of rotatable bonds is 7. The number of nitrogens with zero attached hydrogens (tertiary/aromatic N) is 3. The molecule has 0 aliphatic heterocycles. The van der Waals surface area contributed by atoms with E-state index in [1.165, 1.54) is 0 Å². The van der Waals surface area contributed by atoms with E-state index in [1.54, 1.807) is 12.3 Å². The zero-order valence-corrected chi connectivity index (χ0v) is 10.0. The molecule has 0 aliphatic carbocycles. The number of likely N-dealkylation sites (N-methyl/N-ethyl adjacent to an activating group) is 1. The molecule has 1 aromatic rings. The highest BCUT2D eigenvalue weighted by Crippen LogP contribution is 2.02. The number of hydrogen-bond acceptors (Lipinski definition) is 5. The molecule has 5 heteroatoms. The summed E-state index contributed by atoms with van der Waals surface area (Å²) >= 11 is 0. The van der Waals surface area contributed by atoms with Crippen LogP contribution in [0.4, 0.5) is 0 Å². The van der Waals surface area contributed by atoms with E-state index < -0.39 is 0 Å². The van der Waals surface area contributed by atoms with E-state index in [-0.39, 0.29) is 0 Å². The van der Waals surface area contributed by atoms with Gasteiger partial charge in [0.2, 0.25) is 0 Å². The molecule has 16 heavy (non-hydrogen) atoms. The third-order valence-electron chi connectivity index (χ3n) is 2.43. The Labute approximate surface area is 96.6 Å². The Morgan fingerprint density at radius 3 is 2.75 bits per heavy atom. The smallest absolute Gasteiger partial charge is 0.316 e. The van der Waals surface area contributed by atoms with Crippen molar-refractivity contribution in [2.24, 2.45) is 5.73 Å². The SMILES string of the molecule is CCN(CC)CCOc1nccc(CN)n1. The molecule has 90 valence electrons. The van der Waals surface area contributed by atoms with Crippen molar-refractivity contribution < 1.29 is 4.74 Å². The van der Waals surface area contributed by atoms with Crippen molar-refractivity contribution in [1.29, 1.82) is 0 Å². The van der Waals surface area contributed by atoms with Crippen molar-refractivity contribution in [2.45, 2.75) is 20.4 Å². The van der Waals surface area contributed by atoms with Crippen molar-refractivity contribution >= 4 is 0 Å². The van der Waals surface area contributed by atoms with E-state index in [9.17, 15) is 0 Å². The van der Waals surface area contributed by atoms with E-state index in [0.717, 1.165) is 25.3 Å². The fourth-order valence-electron chi connectivity index (χ4n) is 1.37. The van der Waals surface area contributed by atoms with Gasteiger partial charge in [-0.05, 0) is 19.2 Å². The van der Waals surface area contributed by atoms with Gasteiger partial charge >= 0.3 is 6.01 Å². The molecule has 0 radical (unpaired) electrons. The molecule has 1 aromatic heterocycles. The Morgan fingerprint density at radius 2 is 2.12 bits per heavy atom. The summed E-state index contributed by atoms with van der Waals surface area (Å²) in [7, 11) is 0. The number of ether oxygens (including phenoxy) is 1. The monoisotopic (exact) mass is 224 g/mol. The number of aromatic nitrogens is 2. The van der Waals surface area contributed by atoms with Crippen molar-refractivity contribution in [1.82, 2.24) is 14.9 Å². The summed E-state index contributed by atoms with van der Waals surface area (Å²) in [5.41, 5.74) is 6.28. The van der Waals surface area contributed by atoms with Gasteiger partial charge in [-0.3, -0.25) is 0 Å². The molecule has 2 N–H and O–H groups in total. The summed E-state index contributed by atoms with van der Waals surface area (Å²) in [6, 6.07) is 2.20. The van der Waals surface area contributed by atoms with Crippen LogP contribution in [0.3, 0.4) is 0 Å². The Kier molecular flexibility index (Phi) is 5.74. The highest BCUT2D eigenvalue weighted by Gasteiger charge is 2.01. The van der Waals surface area contributed by atoms with Crippen LogP contribution in [0.15, 0.2) is 12.3 Å². The maximum absolute atomic E-state index is 5.48. The zero-order valence-electron chi connectivity index (χ0n) is 10.0. The topological polar surface area (TPSA) is 64.3 Å². The van der Waals surface area contributed by atoms with Gasteiger partial charge in [0.1, 0.15) is 6.61 Å². The lowest BCUT2D eigenvalue weighted by Crippen LogP contribution is -2.28. The predicted molar refractivity (Wildman–Crippen MR) is 63.2 cm³/mol. The molecule has 0 unspecified atom stereocenters. The first-order chi connectivity index (χ1) is 7.80. The molecule has 1 rings (SSSR count). The van der Waals surface area contributed by atoms with Gasteiger partial charge in [-0.1, -0.05) is 13.8 Å². The highest BCUT2D eigenvalue weighted by molar-refractivity contribution is 5.04. The molecule has 0 saturated heterocycles. The summed E-state index contributed by atoms with van der Waals surface area (Å²) in [4.78, 5) is 10.5. The van der Waals surface area contributed by atoms with Crippen LogP contribution >= 0.6 is 0 Å². The van der Waals surface area contributed by atoms with Gasteiger partial charge in [-0.2, -0.15) is 4.98 Å². The summed E-state index contributed by atoms with van der Waals surface area (Å²) in [6.45, 7) is 8.24. The fourth-order valence-corrected chi connectivity index (χ4v) is 1.37. The van der Waals surface area contributed by atoms with Crippen LogP contribution in [0.5, 0.6) is 6.01 Å². The molecule has 0 saturated carbocycles. The fraction of sp³-hybridized carbons (Fsp3) is 0.636. The third-order valence-corrected chi connectivity index (χ3v) is 2.43. The average molecular weight is 224 g/mol. The minimum Gasteiger partial charge on any atom is -0.462 e. The summed E-state index contributed by atoms with van der Waals surface area (Å²) < 4.78 is 5.46. The molecular formula is C11H20N4O. The molecule has 5 nitrogen and oxygen atoms in total. The standard InChI is InChI=1S/C11H20N4O/c1-3-15(4-2)7-8-16-11-13-6-5-10(9-12)14-11/h5-6H,3-4,7-9,12H2,1-2H3. The quantitative estimate of drug-likeness (QED) is 0.737. The van der Waals surface area contributed by atoms with Crippen molar-refractivity contribution in [3.05, 3.63) is 18.0 Å². The number of nitrogens with two attached hydrogens (primary N) is 1. The van der Waals surface area contributed by atoms with Gasteiger partial charge in [0.25, 0.3) is 0 Å². The highest BCUT2D eigenvalue weighted by atomic mass is 16.5. The van der Waals surface area contributed by atoms with Gasteiger partial charge in [0.15, 0.2) is 0 Å². The molecule has 0 atom stereocenters. The Balaban J connectivity index is 2.36. The summed E-state index contributed by atoms with van der Waals surface area (Å²) in [5.74, 6) is 0. The molecule has 0 fully saturated rings. The first kappa shape index (κ1) is 12.9. The van der Waals surface area contributed by atoms with Gasteiger partial charge in [-0.15, -0.1) is 0 Å². The maximum Gasteiger partial charge on any atom is 0.316 e. The van der Waals surface area contributed by atoms with Gasteiger partial charge in [0.05, 0.1) is 5.69 Å². The van der Waals surface area contributed by atoms with E-state index in [2.05, 4.69) is 28.7 Å². The van der Waals surface area contributed by atoms with Gasteiger partial charge in [-0.25, -0.2) is 4.98 Å². The lowest BCUT2D eigenvalue weighted by molar-refractivity contribution is 0.212. The van der Waals surface area contributed by atoms with Crippen molar-refractivity contribution in [3.63, 3.8) is 0 Å². The van der Waals surface area contributed by atoms with Crippen LogP contribution in [0.25, 0.3) is 0 Å². The van der Waals surface area contributed by atoms with Gasteiger partial charge < -0.3 is 15.4 Å².